The molecule has 0 radical (unpaired) electrons. The van der Waals surface area contributed by atoms with Gasteiger partial charge < -0.3 is 19.7 Å². The Bertz CT molecular complexity index is 855. The molecule has 0 saturated carbocycles. The van der Waals surface area contributed by atoms with Gasteiger partial charge in [0.2, 0.25) is 5.91 Å². The summed E-state index contributed by atoms with van der Waals surface area (Å²) in [5.74, 6) is 1.14. The molecule has 168 valence electrons. The summed E-state index contributed by atoms with van der Waals surface area (Å²) in [6, 6.07) is 13.7. The maximum Gasteiger partial charge on any atom is 0.261 e. The Morgan fingerprint density at radius 2 is 1.74 bits per heavy atom. The molecule has 7 heteroatoms. The van der Waals surface area contributed by atoms with Crippen molar-refractivity contribution in [3.63, 3.8) is 0 Å². The zero-order valence-corrected chi connectivity index (χ0v) is 19.3. The molecular formula is C24H31ClN2O4. The molecule has 0 aromatic heterocycles. The van der Waals surface area contributed by atoms with Crippen molar-refractivity contribution in [2.75, 3.05) is 20.3 Å². The monoisotopic (exact) mass is 446 g/mol. The van der Waals surface area contributed by atoms with Crippen LogP contribution >= 0.6 is 11.6 Å². The van der Waals surface area contributed by atoms with E-state index in [4.69, 9.17) is 21.1 Å². The van der Waals surface area contributed by atoms with E-state index >= 15 is 0 Å². The smallest absolute Gasteiger partial charge is 0.261 e. The number of para-hydroxylation sites is 1. The lowest BCUT2D eigenvalue weighted by Gasteiger charge is -2.29. The van der Waals surface area contributed by atoms with Gasteiger partial charge in [0.25, 0.3) is 5.91 Å². The third kappa shape index (κ3) is 7.79. The molecule has 0 heterocycles. The van der Waals surface area contributed by atoms with Crippen LogP contribution in [0.15, 0.2) is 48.5 Å². The van der Waals surface area contributed by atoms with Crippen LogP contribution in [0, 0.1) is 5.92 Å². The van der Waals surface area contributed by atoms with E-state index in [-0.39, 0.29) is 25.0 Å². The maximum atomic E-state index is 13.0. The van der Waals surface area contributed by atoms with E-state index in [1.165, 1.54) is 4.90 Å². The van der Waals surface area contributed by atoms with Crippen LogP contribution in [-0.4, -0.2) is 43.0 Å². The molecule has 0 saturated heterocycles. The Morgan fingerprint density at radius 3 is 2.35 bits per heavy atom. The van der Waals surface area contributed by atoms with Crippen LogP contribution < -0.4 is 14.8 Å². The molecule has 1 atom stereocenters. The number of carbonyl (C=O) groups excluding carboxylic acids is 2. The van der Waals surface area contributed by atoms with Crippen LogP contribution in [0.4, 0.5) is 0 Å². The zero-order valence-electron chi connectivity index (χ0n) is 18.6. The van der Waals surface area contributed by atoms with Crippen molar-refractivity contribution >= 4 is 23.4 Å². The molecule has 2 aromatic carbocycles. The largest absolute Gasteiger partial charge is 0.497 e. The lowest BCUT2D eigenvalue weighted by atomic mass is 10.1. The van der Waals surface area contributed by atoms with Gasteiger partial charge in [-0.25, -0.2) is 0 Å². The van der Waals surface area contributed by atoms with Gasteiger partial charge in [-0.3, -0.25) is 9.59 Å². The molecule has 6 nitrogen and oxygen atoms in total. The lowest BCUT2D eigenvalue weighted by molar-refractivity contribution is -0.142. The minimum Gasteiger partial charge on any atom is -0.497 e. The third-order valence-corrected chi connectivity index (χ3v) is 5.20. The SMILES string of the molecule is COc1ccc(CN(C(=O)COc2ccccc2Cl)C(C)C(=O)NCCC(C)C)cc1. The molecule has 1 N–H and O–H groups in total. The Kier molecular flexibility index (Phi) is 9.66. The number of hydrogen-bond acceptors (Lipinski definition) is 4. The highest BCUT2D eigenvalue weighted by Gasteiger charge is 2.26. The summed E-state index contributed by atoms with van der Waals surface area (Å²) in [4.78, 5) is 27.3. The topological polar surface area (TPSA) is 67.9 Å². The highest BCUT2D eigenvalue weighted by atomic mass is 35.5. The highest BCUT2D eigenvalue weighted by molar-refractivity contribution is 6.32. The number of carbonyl (C=O) groups is 2. The normalized spacial score (nSPS) is 11.7. The van der Waals surface area contributed by atoms with E-state index in [0.717, 1.165) is 17.7 Å². The summed E-state index contributed by atoms with van der Waals surface area (Å²) in [6.45, 7) is 6.54. The first kappa shape index (κ1) is 24.5. The Hall–Kier alpha value is -2.73. The van der Waals surface area contributed by atoms with Crippen molar-refractivity contribution in [2.45, 2.75) is 39.8 Å². The van der Waals surface area contributed by atoms with Crippen LogP contribution in [-0.2, 0) is 16.1 Å². The second kappa shape index (κ2) is 12.2. The summed E-state index contributed by atoms with van der Waals surface area (Å²) in [5.41, 5.74) is 0.883. The molecule has 0 aliphatic heterocycles. The Morgan fingerprint density at radius 1 is 1.06 bits per heavy atom. The summed E-state index contributed by atoms with van der Waals surface area (Å²) < 4.78 is 10.8. The fourth-order valence-electron chi connectivity index (χ4n) is 2.93. The van der Waals surface area contributed by atoms with Crippen LogP contribution in [0.5, 0.6) is 11.5 Å². The molecule has 0 aliphatic carbocycles. The predicted molar refractivity (Wildman–Crippen MR) is 122 cm³/mol. The predicted octanol–water partition coefficient (Wildman–Crippen LogP) is 4.31. The van der Waals surface area contributed by atoms with E-state index < -0.39 is 6.04 Å². The number of halogens is 1. The van der Waals surface area contributed by atoms with Crippen molar-refractivity contribution in [1.29, 1.82) is 0 Å². The number of amides is 2. The van der Waals surface area contributed by atoms with E-state index in [1.807, 2.05) is 24.3 Å². The van der Waals surface area contributed by atoms with Crippen LogP contribution in [0.25, 0.3) is 0 Å². The Balaban J connectivity index is 2.11. The highest BCUT2D eigenvalue weighted by Crippen LogP contribution is 2.23. The van der Waals surface area contributed by atoms with Crippen LogP contribution in [0.3, 0.4) is 0 Å². The molecule has 0 bridgehead atoms. The van der Waals surface area contributed by atoms with Gasteiger partial charge in [-0.15, -0.1) is 0 Å². The van der Waals surface area contributed by atoms with Crippen LogP contribution in [0.2, 0.25) is 5.02 Å². The maximum absolute atomic E-state index is 13.0. The van der Waals surface area contributed by atoms with Gasteiger partial charge in [0, 0.05) is 13.1 Å². The van der Waals surface area contributed by atoms with Crippen molar-refractivity contribution in [3.05, 3.63) is 59.1 Å². The zero-order chi connectivity index (χ0) is 22.8. The first-order chi connectivity index (χ1) is 14.8. The average Bonchev–Trinajstić information content (AvgIpc) is 2.76. The van der Waals surface area contributed by atoms with Gasteiger partial charge in [0.15, 0.2) is 6.61 Å². The first-order valence-corrected chi connectivity index (χ1v) is 10.8. The van der Waals surface area contributed by atoms with Crippen molar-refractivity contribution < 1.29 is 19.1 Å². The van der Waals surface area contributed by atoms with E-state index in [9.17, 15) is 9.59 Å². The van der Waals surface area contributed by atoms with E-state index in [2.05, 4.69) is 19.2 Å². The van der Waals surface area contributed by atoms with E-state index in [1.54, 1.807) is 38.3 Å². The van der Waals surface area contributed by atoms with Gasteiger partial charge in [0.1, 0.15) is 17.5 Å². The number of rotatable bonds is 11. The standard InChI is InChI=1S/C24H31ClN2O4/c1-17(2)13-14-26-24(29)18(3)27(15-19-9-11-20(30-4)12-10-19)23(28)16-31-22-8-6-5-7-21(22)25/h5-12,17-18H,13-16H2,1-4H3,(H,26,29). The molecule has 0 fully saturated rings. The van der Waals surface area contributed by atoms with Crippen molar-refractivity contribution in [2.24, 2.45) is 5.92 Å². The molecule has 2 rings (SSSR count). The quantitative estimate of drug-likeness (QED) is 0.558. The molecule has 2 amide bonds. The summed E-state index contributed by atoms with van der Waals surface area (Å²) >= 11 is 6.12. The fourth-order valence-corrected chi connectivity index (χ4v) is 3.12. The number of hydrogen-bond donors (Lipinski definition) is 1. The second-order valence-corrected chi connectivity index (χ2v) is 8.15. The number of benzene rings is 2. The number of nitrogens with zero attached hydrogens (tertiary/aromatic N) is 1. The molecular weight excluding hydrogens is 416 g/mol. The van der Waals surface area contributed by atoms with Crippen molar-refractivity contribution in [1.82, 2.24) is 10.2 Å². The minimum atomic E-state index is -0.656. The Labute approximate surface area is 189 Å². The van der Waals surface area contributed by atoms with Crippen molar-refractivity contribution in [3.8, 4) is 11.5 Å². The lowest BCUT2D eigenvalue weighted by Crippen LogP contribution is -2.49. The number of ether oxygens (including phenoxy) is 2. The average molecular weight is 447 g/mol. The third-order valence-electron chi connectivity index (χ3n) is 4.89. The molecule has 0 aliphatic rings. The van der Waals surface area contributed by atoms with Crippen LogP contribution in [0.1, 0.15) is 32.8 Å². The summed E-state index contributed by atoms with van der Waals surface area (Å²) in [5, 5.41) is 3.35. The van der Waals surface area contributed by atoms with Gasteiger partial charge in [-0.2, -0.15) is 0 Å². The first-order valence-electron chi connectivity index (χ1n) is 10.4. The molecule has 31 heavy (non-hydrogen) atoms. The molecule has 2 aromatic rings. The van der Waals surface area contributed by atoms with E-state index in [0.29, 0.717) is 23.2 Å². The fraction of sp³-hybridized carbons (Fsp3) is 0.417. The number of methoxy groups -OCH3 is 1. The second-order valence-electron chi connectivity index (χ2n) is 7.74. The van der Waals surface area contributed by atoms with Gasteiger partial charge >= 0.3 is 0 Å². The summed E-state index contributed by atoms with van der Waals surface area (Å²) in [6.07, 6.45) is 0.875. The van der Waals surface area contributed by atoms with Gasteiger partial charge in [0.05, 0.1) is 12.1 Å². The summed E-state index contributed by atoms with van der Waals surface area (Å²) in [7, 11) is 1.60. The number of nitrogens with one attached hydrogen (secondary N) is 1. The minimum absolute atomic E-state index is 0.194. The molecule has 0 spiro atoms. The van der Waals surface area contributed by atoms with Gasteiger partial charge in [-0.1, -0.05) is 49.7 Å². The molecule has 1 unspecified atom stereocenters. The van der Waals surface area contributed by atoms with Gasteiger partial charge in [-0.05, 0) is 49.1 Å².